The van der Waals surface area contributed by atoms with Gasteiger partial charge in [0.15, 0.2) is 5.78 Å². The Kier molecular flexibility index (Phi) is 2.94. The van der Waals surface area contributed by atoms with E-state index < -0.39 is 5.54 Å². The normalized spacial score (nSPS) is 25.7. The highest BCUT2D eigenvalue weighted by atomic mass is 16.1. The maximum atomic E-state index is 12.7. The number of pyridine rings is 1. The summed E-state index contributed by atoms with van der Waals surface area (Å²) in [5.41, 5.74) is 7.97. The van der Waals surface area contributed by atoms with Crippen LogP contribution in [0.2, 0.25) is 0 Å². The van der Waals surface area contributed by atoms with E-state index in [9.17, 15) is 4.79 Å². The van der Waals surface area contributed by atoms with Gasteiger partial charge in [0.05, 0.1) is 17.2 Å². The predicted molar refractivity (Wildman–Crippen MR) is 70.3 cm³/mol. The van der Waals surface area contributed by atoms with Crippen LogP contribution in [0.5, 0.6) is 0 Å². The Morgan fingerprint density at radius 3 is 2.89 bits per heavy atom. The van der Waals surface area contributed by atoms with Gasteiger partial charge in [-0.25, -0.2) is 0 Å². The van der Waals surface area contributed by atoms with Crippen molar-refractivity contribution in [3.8, 4) is 0 Å². The van der Waals surface area contributed by atoms with E-state index in [0.29, 0.717) is 0 Å². The second-order valence-electron chi connectivity index (χ2n) is 5.72. The van der Waals surface area contributed by atoms with Crippen LogP contribution in [0.25, 0.3) is 0 Å². The van der Waals surface area contributed by atoms with E-state index in [2.05, 4.69) is 11.1 Å². The summed E-state index contributed by atoms with van der Waals surface area (Å²) < 4.78 is 0. The van der Waals surface area contributed by atoms with E-state index in [-0.39, 0.29) is 11.7 Å². The third-order valence-electron chi connectivity index (χ3n) is 4.50. The van der Waals surface area contributed by atoms with Crippen LogP contribution in [0, 0.1) is 0 Å². The Balaban J connectivity index is 1.92. The summed E-state index contributed by atoms with van der Waals surface area (Å²) in [6.07, 6.45) is 8.71. The van der Waals surface area contributed by atoms with Crippen molar-refractivity contribution in [2.75, 3.05) is 0 Å². The molecular formula is C15H20N2O. The molecule has 1 fully saturated rings. The highest BCUT2D eigenvalue weighted by molar-refractivity contribution is 5.94. The number of Topliss-reactive ketones (excluding diaryl/α,β-unsaturated/α-hetero) is 1. The lowest BCUT2D eigenvalue weighted by Crippen LogP contribution is -2.48. The molecule has 1 atom stereocenters. The molecular weight excluding hydrogens is 224 g/mol. The van der Waals surface area contributed by atoms with Gasteiger partial charge < -0.3 is 5.73 Å². The van der Waals surface area contributed by atoms with Gasteiger partial charge in [0.25, 0.3) is 0 Å². The zero-order valence-electron chi connectivity index (χ0n) is 10.7. The van der Waals surface area contributed by atoms with Crippen molar-refractivity contribution in [1.82, 2.24) is 4.98 Å². The smallest absolute Gasteiger partial charge is 0.161 e. The number of aromatic nitrogens is 1. The fourth-order valence-electron chi connectivity index (χ4n) is 3.46. The van der Waals surface area contributed by atoms with Gasteiger partial charge in [-0.2, -0.15) is 0 Å². The molecule has 0 aliphatic heterocycles. The Morgan fingerprint density at radius 1 is 1.33 bits per heavy atom. The summed E-state index contributed by atoms with van der Waals surface area (Å²) in [6, 6.07) is 4.05. The number of carbonyl (C=O) groups is 1. The Bertz CT molecular complexity index is 463. The molecule has 1 saturated carbocycles. The number of hydrogen-bond acceptors (Lipinski definition) is 3. The summed E-state index contributed by atoms with van der Waals surface area (Å²) in [4.78, 5) is 17.2. The molecule has 96 valence electrons. The molecule has 2 aliphatic rings. The second kappa shape index (κ2) is 4.47. The molecule has 2 N–H and O–H groups in total. The number of aryl methyl sites for hydroxylation is 1. The fraction of sp³-hybridized carbons (Fsp3) is 0.600. The van der Waals surface area contributed by atoms with Crippen LogP contribution in [-0.2, 0) is 11.2 Å². The van der Waals surface area contributed by atoms with Crippen LogP contribution in [0.15, 0.2) is 18.3 Å². The lowest BCUT2D eigenvalue weighted by atomic mass is 9.76. The molecule has 1 heterocycles. The van der Waals surface area contributed by atoms with Crippen LogP contribution < -0.4 is 5.73 Å². The molecule has 3 heteroatoms. The summed E-state index contributed by atoms with van der Waals surface area (Å²) >= 11 is 0. The van der Waals surface area contributed by atoms with Crippen molar-refractivity contribution in [1.29, 1.82) is 0 Å². The topological polar surface area (TPSA) is 56.0 Å². The summed E-state index contributed by atoms with van der Waals surface area (Å²) in [5, 5.41) is 0. The van der Waals surface area contributed by atoms with Crippen LogP contribution in [0.1, 0.15) is 55.7 Å². The highest BCUT2D eigenvalue weighted by Gasteiger charge is 2.42. The molecule has 3 nitrogen and oxygen atoms in total. The van der Waals surface area contributed by atoms with Crippen LogP contribution >= 0.6 is 0 Å². The van der Waals surface area contributed by atoms with Gasteiger partial charge in [0.1, 0.15) is 0 Å². The Hall–Kier alpha value is -1.22. The Labute approximate surface area is 108 Å². The summed E-state index contributed by atoms with van der Waals surface area (Å²) in [6.45, 7) is 0. The molecule has 0 radical (unpaired) electrons. The van der Waals surface area contributed by atoms with Crippen molar-refractivity contribution in [2.45, 2.75) is 56.4 Å². The molecule has 0 aromatic carbocycles. The van der Waals surface area contributed by atoms with E-state index in [0.717, 1.165) is 50.6 Å². The van der Waals surface area contributed by atoms with Crippen molar-refractivity contribution in [3.05, 3.63) is 29.6 Å². The number of ketones is 1. The second-order valence-corrected chi connectivity index (χ2v) is 5.72. The predicted octanol–water partition coefficient (Wildman–Crippen LogP) is 2.34. The zero-order chi connectivity index (χ0) is 12.6. The number of hydrogen-bond donors (Lipinski definition) is 1. The van der Waals surface area contributed by atoms with Gasteiger partial charge >= 0.3 is 0 Å². The zero-order valence-corrected chi connectivity index (χ0v) is 10.7. The molecule has 18 heavy (non-hydrogen) atoms. The maximum Gasteiger partial charge on any atom is 0.161 e. The maximum absolute atomic E-state index is 12.7. The number of nitrogens with two attached hydrogens (primary N) is 1. The molecule has 2 aliphatic carbocycles. The van der Waals surface area contributed by atoms with Gasteiger partial charge in [-0.05, 0) is 43.7 Å². The van der Waals surface area contributed by atoms with Crippen LogP contribution in [-0.4, -0.2) is 16.3 Å². The average molecular weight is 244 g/mol. The third kappa shape index (κ3) is 1.87. The van der Waals surface area contributed by atoms with Crippen molar-refractivity contribution in [2.24, 2.45) is 5.73 Å². The number of carbonyl (C=O) groups excluding carboxylic acids is 1. The SMILES string of the molecule is NC1(C(=O)C2CCCc3cccnc32)CCCC1. The first-order valence-electron chi connectivity index (χ1n) is 6.98. The monoisotopic (exact) mass is 244 g/mol. The van der Waals surface area contributed by atoms with E-state index in [1.165, 1.54) is 5.56 Å². The van der Waals surface area contributed by atoms with E-state index in [1.807, 2.05) is 6.07 Å². The van der Waals surface area contributed by atoms with Crippen LogP contribution in [0.3, 0.4) is 0 Å². The molecule has 3 rings (SSSR count). The average Bonchev–Trinajstić information content (AvgIpc) is 2.85. The minimum absolute atomic E-state index is 0.0574. The fourth-order valence-corrected chi connectivity index (χ4v) is 3.46. The number of nitrogens with zero attached hydrogens (tertiary/aromatic N) is 1. The minimum atomic E-state index is -0.573. The quantitative estimate of drug-likeness (QED) is 0.868. The van der Waals surface area contributed by atoms with Gasteiger partial charge in [-0.3, -0.25) is 9.78 Å². The first-order chi connectivity index (χ1) is 8.71. The van der Waals surface area contributed by atoms with Gasteiger partial charge in [0.2, 0.25) is 0 Å². The van der Waals surface area contributed by atoms with Crippen molar-refractivity contribution < 1.29 is 4.79 Å². The third-order valence-corrected chi connectivity index (χ3v) is 4.50. The van der Waals surface area contributed by atoms with E-state index >= 15 is 0 Å². The van der Waals surface area contributed by atoms with Gasteiger partial charge in [0, 0.05) is 6.20 Å². The largest absolute Gasteiger partial charge is 0.319 e. The first kappa shape index (κ1) is 11.8. The van der Waals surface area contributed by atoms with E-state index in [1.54, 1.807) is 6.20 Å². The molecule has 1 aromatic heterocycles. The Morgan fingerprint density at radius 2 is 2.11 bits per heavy atom. The molecule has 0 spiro atoms. The van der Waals surface area contributed by atoms with E-state index in [4.69, 9.17) is 5.73 Å². The van der Waals surface area contributed by atoms with Crippen molar-refractivity contribution >= 4 is 5.78 Å². The standard InChI is InChI=1S/C15H20N2O/c16-15(8-1-2-9-15)14(18)12-7-3-5-11-6-4-10-17-13(11)12/h4,6,10,12H,1-3,5,7-9,16H2. The van der Waals surface area contributed by atoms with Crippen molar-refractivity contribution in [3.63, 3.8) is 0 Å². The summed E-state index contributed by atoms with van der Waals surface area (Å²) in [7, 11) is 0. The number of rotatable bonds is 2. The van der Waals surface area contributed by atoms with Gasteiger partial charge in [-0.15, -0.1) is 0 Å². The molecule has 0 saturated heterocycles. The molecule has 0 bridgehead atoms. The summed E-state index contributed by atoms with van der Waals surface area (Å²) in [5.74, 6) is 0.178. The minimum Gasteiger partial charge on any atom is -0.319 e. The molecule has 0 amide bonds. The molecule has 1 aromatic rings. The highest BCUT2D eigenvalue weighted by Crippen LogP contribution is 2.38. The molecule has 1 unspecified atom stereocenters. The lowest BCUT2D eigenvalue weighted by molar-refractivity contribution is -0.125. The first-order valence-corrected chi connectivity index (χ1v) is 6.98. The van der Waals surface area contributed by atoms with Gasteiger partial charge in [-0.1, -0.05) is 18.9 Å². The van der Waals surface area contributed by atoms with Crippen LogP contribution in [0.4, 0.5) is 0 Å². The lowest BCUT2D eigenvalue weighted by Gasteiger charge is -2.30. The number of fused-ring (bicyclic) bond motifs is 1.